The third-order valence-electron chi connectivity index (χ3n) is 5.52. The van der Waals surface area contributed by atoms with Crippen LogP contribution in [-0.2, 0) is 9.59 Å². The number of carbonyl (C=O) groups excluding carboxylic acids is 1. The van der Waals surface area contributed by atoms with Gasteiger partial charge in [0.05, 0.1) is 17.1 Å². The summed E-state index contributed by atoms with van der Waals surface area (Å²) in [7, 11) is 0. The van der Waals surface area contributed by atoms with Gasteiger partial charge in [-0.2, -0.15) is 0 Å². The number of imidazole rings is 1. The highest BCUT2D eigenvalue weighted by Crippen LogP contribution is 2.34. The van der Waals surface area contributed by atoms with Gasteiger partial charge in [0.2, 0.25) is 5.91 Å². The summed E-state index contributed by atoms with van der Waals surface area (Å²) in [6.07, 6.45) is 1.91. The number of rotatable bonds is 5. The summed E-state index contributed by atoms with van der Waals surface area (Å²) in [6, 6.07) is 11.8. The second kappa shape index (κ2) is 8.36. The molecule has 2 aromatic heterocycles. The molecule has 1 amide bonds. The van der Waals surface area contributed by atoms with E-state index >= 15 is 0 Å². The Morgan fingerprint density at radius 2 is 1.87 bits per heavy atom. The van der Waals surface area contributed by atoms with Gasteiger partial charge in [0.15, 0.2) is 0 Å². The number of anilines is 1. The predicted octanol–water partition coefficient (Wildman–Crippen LogP) is 3.48. The predicted molar refractivity (Wildman–Crippen MR) is 116 cm³/mol. The number of aromatic nitrogens is 2. The molecule has 3 heterocycles. The molecule has 30 heavy (non-hydrogen) atoms. The Morgan fingerprint density at radius 1 is 1.10 bits per heavy atom. The normalized spacial score (nSPS) is 14.3. The molecule has 1 aliphatic heterocycles. The van der Waals surface area contributed by atoms with Crippen LogP contribution < -0.4 is 4.90 Å². The molecule has 0 unspecified atom stereocenters. The summed E-state index contributed by atoms with van der Waals surface area (Å²) in [4.78, 5) is 31.6. The second-order valence-electron chi connectivity index (χ2n) is 7.40. The van der Waals surface area contributed by atoms with E-state index in [0.717, 1.165) is 28.3 Å². The van der Waals surface area contributed by atoms with Gasteiger partial charge in [0.1, 0.15) is 5.65 Å². The highest BCUT2D eigenvalue weighted by atomic mass is 35.5. The molecule has 1 N–H and O–H groups in total. The minimum absolute atomic E-state index is 0.0492. The zero-order chi connectivity index (χ0) is 21.3. The minimum atomic E-state index is -0.946. The van der Waals surface area contributed by atoms with Crippen molar-refractivity contribution in [1.29, 1.82) is 0 Å². The zero-order valence-electron chi connectivity index (χ0n) is 16.7. The van der Waals surface area contributed by atoms with Crippen molar-refractivity contribution in [2.45, 2.75) is 19.8 Å². The Balaban J connectivity index is 1.52. The van der Waals surface area contributed by atoms with Crippen LogP contribution in [0, 0.1) is 6.92 Å². The summed E-state index contributed by atoms with van der Waals surface area (Å²) in [5.74, 6) is -1.05. The molecule has 0 spiro atoms. The van der Waals surface area contributed by atoms with Gasteiger partial charge in [-0.15, -0.1) is 0 Å². The number of amides is 1. The summed E-state index contributed by atoms with van der Waals surface area (Å²) < 4.78 is 2.04. The molecular formula is C22H23ClN4O3. The molecule has 8 heteroatoms. The van der Waals surface area contributed by atoms with Crippen LogP contribution in [0.25, 0.3) is 16.9 Å². The van der Waals surface area contributed by atoms with E-state index in [9.17, 15) is 9.59 Å². The second-order valence-corrected chi connectivity index (χ2v) is 7.81. The third kappa shape index (κ3) is 3.98. The van der Waals surface area contributed by atoms with Gasteiger partial charge in [0, 0.05) is 55.7 Å². The van der Waals surface area contributed by atoms with Crippen LogP contribution in [0.4, 0.5) is 5.69 Å². The fraction of sp³-hybridized carbons (Fsp3) is 0.318. The van der Waals surface area contributed by atoms with Crippen LogP contribution in [0.1, 0.15) is 18.5 Å². The largest absolute Gasteiger partial charge is 0.481 e. The van der Waals surface area contributed by atoms with Gasteiger partial charge in [0.25, 0.3) is 0 Å². The van der Waals surface area contributed by atoms with Crippen LogP contribution in [0.2, 0.25) is 5.02 Å². The number of piperazine rings is 1. The quantitative estimate of drug-likeness (QED) is 0.675. The maximum atomic E-state index is 12.2. The highest BCUT2D eigenvalue weighted by Gasteiger charge is 2.23. The Morgan fingerprint density at radius 3 is 2.57 bits per heavy atom. The van der Waals surface area contributed by atoms with Crippen molar-refractivity contribution in [3.05, 3.63) is 53.3 Å². The molecule has 1 aromatic carbocycles. The van der Waals surface area contributed by atoms with E-state index in [2.05, 4.69) is 11.0 Å². The minimum Gasteiger partial charge on any atom is -0.481 e. The number of aryl methyl sites for hydroxylation is 1. The summed E-state index contributed by atoms with van der Waals surface area (Å²) in [5.41, 5.74) is 4.67. The van der Waals surface area contributed by atoms with Gasteiger partial charge in [-0.1, -0.05) is 17.7 Å². The van der Waals surface area contributed by atoms with E-state index in [1.807, 2.05) is 47.9 Å². The molecule has 156 valence electrons. The fourth-order valence-electron chi connectivity index (χ4n) is 3.85. The first-order valence-corrected chi connectivity index (χ1v) is 10.3. The molecule has 1 aliphatic rings. The Hall–Kier alpha value is -3.06. The average molecular weight is 427 g/mol. The van der Waals surface area contributed by atoms with Crippen molar-refractivity contribution in [3.8, 4) is 11.3 Å². The standard InChI is InChI=1S/C22H23ClN4O3/c1-15-22(24-19-4-2-3-9-27(15)19)17-14-16(5-6-18(17)23)25-10-12-26(13-11-25)20(28)7-8-21(29)30/h2-6,9,14H,7-8,10-13H2,1H3,(H,29,30). The number of aliphatic carboxylic acids is 1. The van der Waals surface area contributed by atoms with Gasteiger partial charge < -0.3 is 19.3 Å². The molecule has 0 atom stereocenters. The molecule has 1 fully saturated rings. The number of nitrogens with zero attached hydrogens (tertiary/aromatic N) is 4. The van der Waals surface area contributed by atoms with Crippen molar-refractivity contribution in [2.75, 3.05) is 31.1 Å². The smallest absolute Gasteiger partial charge is 0.303 e. The van der Waals surface area contributed by atoms with E-state index in [0.29, 0.717) is 31.2 Å². The number of fused-ring (bicyclic) bond motifs is 1. The van der Waals surface area contributed by atoms with E-state index in [-0.39, 0.29) is 18.7 Å². The van der Waals surface area contributed by atoms with Gasteiger partial charge in [-0.05, 0) is 37.3 Å². The maximum Gasteiger partial charge on any atom is 0.303 e. The van der Waals surface area contributed by atoms with Crippen LogP contribution in [0.3, 0.4) is 0 Å². The third-order valence-corrected chi connectivity index (χ3v) is 5.85. The van der Waals surface area contributed by atoms with Crippen molar-refractivity contribution in [3.63, 3.8) is 0 Å². The molecular weight excluding hydrogens is 404 g/mol. The number of carboxylic acid groups (broad SMARTS) is 1. The van der Waals surface area contributed by atoms with E-state index in [4.69, 9.17) is 21.7 Å². The first-order valence-electron chi connectivity index (χ1n) is 9.92. The number of hydrogen-bond acceptors (Lipinski definition) is 4. The van der Waals surface area contributed by atoms with Crippen LogP contribution in [-0.4, -0.2) is 57.4 Å². The van der Waals surface area contributed by atoms with Gasteiger partial charge >= 0.3 is 5.97 Å². The number of pyridine rings is 1. The average Bonchev–Trinajstić information content (AvgIpc) is 3.09. The summed E-state index contributed by atoms with van der Waals surface area (Å²) in [6.45, 7) is 4.54. The van der Waals surface area contributed by atoms with Crippen molar-refractivity contribution >= 4 is 34.8 Å². The molecule has 0 bridgehead atoms. The topological polar surface area (TPSA) is 78.2 Å². The highest BCUT2D eigenvalue weighted by molar-refractivity contribution is 6.33. The number of carbonyl (C=O) groups is 2. The zero-order valence-corrected chi connectivity index (χ0v) is 17.5. The molecule has 0 saturated carbocycles. The van der Waals surface area contributed by atoms with Gasteiger partial charge in [-0.3, -0.25) is 9.59 Å². The Labute approximate surface area is 179 Å². The molecule has 0 radical (unpaired) electrons. The number of hydrogen-bond donors (Lipinski definition) is 1. The molecule has 3 aromatic rings. The first kappa shape index (κ1) is 20.2. The molecule has 1 saturated heterocycles. The van der Waals surface area contributed by atoms with Gasteiger partial charge in [-0.25, -0.2) is 4.98 Å². The van der Waals surface area contributed by atoms with E-state index in [1.165, 1.54) is 0 Å². The number of halogens is 1. The summed E-state index contributed by atoms with van der Waals surface area (Å²) in [5, 5.41) is 9.41. The maximum absolute atomic E-state index is 12.2. The van der Waals surface area contributed by atoms with Crippen molar-refractivity contribution in [2.24, 2.45) is 0 Å². The Bertz CT molecular complexity index is 1100. The van der Waals surface area contributed by atoms with Crippen LogP contribution >= 0.6 is 11.6 Å². The molecule has 0 aliphatic carbocycles. The lowest BCUT2D eigenvalue weighted by Gasteiger charge is -2.36. The first-order chi connectivity index (χ1) is 14.4. The molecule has 4 rings (SSSR count). The lowest BCUT2D eigenvalue weighted by Crippen LogP contribution is -2.48. The SMILES string of the molecule is Cc1c(-c2cc(N3CCN(C(=O)CCC(=O)O)CC3)ccc2Cl)nc2ccccn12. The lowest BCUT2D eigenvalue weighted by atomic mass is 10.1. The van der Waals surface area contributed by atoms with Crippen molar-refractivity contribution in [1.82, 2.24) is 14.3 Å². The van der Waals surface area contributed by atoms with E-state index in [1.54, 1.807) is 4.90 Å². The fourth-order valence-corrected chi connectivity index (χ4v) is 4.06. The lowest BCUT2D eigenvalue weighted by molar-refractivity contribution is -0.141. The molecule has 7 nitrogen and oxygen atoms in total. The van der Waals surface area contributed by atoms with E-state index < -0.39 is 5.97 Å². The number of benzene rings is 1. The monoisotopic (exact) mass is 426 g/mol. The Kier molecular flexibility index (Phi) is 5.63. The van der Waals surface area contributed by atoms with Crippen LogP contribution in [0.15, 0.2) is 42.6 Å². The van der Waals surface area contributed by atoms with Crippen molar-refractivity contribution < 1.29 is 14.7 Å². The number of carboxylic acids is 1. The van der Waals surface area contributed by atoms with Crippen LogP contribution in [0.5, 0.6) is 0 Å². The summed E-state index contributed by atoms with van der Waals surface area (Å²) >= 11 is 6.53.